The van der Waals surface area contributed by atoms with Crippen molar-refractivity contribution in [1.82, 2.24) is 20.0 Å². The molecule has 150 valence electrons. The third-order valence-electron chi connectivity index (χ3n) is 6.76. The van der Waals surface area contributed by atoms with E-state index in [-0.39, 0.29) is 5.91 Å². The molecule has 2 saturated heterocycles. The van der Waals surface area contributed by atoms with Gasteiger partial charge in [-0.25, -0.2) is 0 Å². The number of rotatable bonds is 7. The van der Waals surface area contributed by atoms with Crippen LogP contribution in [0.15, 0.2) is 0 Å². The minimum atomic E-state index is 0.124. The smallest absolute Gasteiger partial charge is 0.274 e. The van der Waals surface area contributed by atoms with Gasteiger partial charge in [-0.1, -0.05) is 6.42 Å². The zero-order chi connectivity index (χ0) is 18.6. The van der Waals surface area contributed by atoms with Gasteiger partial charge in [-0.15, -0.1) is 0 Å². The molecule has 6 heteroatoms. The summed E-state index contributed by atoms with van der Waals surface area (Å²) in [5.41, 5.74) is 3.02. The summed E-state index contributed by atoms with van der Waals surface area (Å²) in [6, 6.07) is 0.662. The number of piperidine rings is 2. The van der Waals surface area contributed by atoms with E-state index < -0.39 is 0 Å². The number of nitrogens with zero attached hydrogens (tertiary/aromatic N) is 3. The third-order valence-corrected chi connectivity index (χ3v) is 6.76. The lowest BCUT2D eigenvalue weighted by molar-refractivity contribution is 0.0344. The van der Waals surface area contributed by atoms with Crippen molar-refractivity contribution in [2.45, 2.75) is 63.8 Å². The summed E-state index contributed by atoms with van der Waals surface area (Å²) < 4.78 is 5.24. The molecule has 1 aromatic heterocycles. The summed E-state index contributed by atoms with van der Waals surface area (Å²) in [4.78, 5) is 18.1. The average molecular weight is 375 g/mol. The number of H-pyrrole nitrogens is 1. The maximum Gasteiger partial charge on any atom is 0.274 e. The lowest BCUT2D eigenvalue weighted by Crippen LogP contribution is -2.51. The number of methoxy groups -OCH3 is 1. The van der Waals surface area contributed by atoms with Crippen molar-refractivity contribution < 1.29 is 9.53 Å². The average Bonchev–Trinajstić information content (AvgIpc) is 3.31. The molecule has 0 radical (unpaired) electrons. The van der Waals surface area contributed by atoms with Crippen molar-refractivity contribution in [2.75, 3.05) is 39.9 Å². The number of hydrogen-bond donors (Lipinski definition) is 1. The zero-order valence-corrected chi connectivity index (χ0v) is 16.7. The van der Waals surface area contributed by atoms with Crippen molar-refractivity contribution in [2.24, 2.45) is 5.92 Å². The Morgan fingerprint density at radius 3 is 3.00 bits per heavy atom. The monoisotopic (exact) mass is 374 g/mol. The molecule has 2 atom stereocenters. The van der Waals surface area contributed by atoms with Crippen molar-refractivity contribution in [3.63, 3.8) is 0 Å². The van der Waals surface area contributed by atoms with Gasteiger partial charge in [-0.05, 0) is 70.4 Å². The lowest BCUT2D eigenvalue weighted by Gasteiger charge is -2.45. The van der Waals surface area contributed by atoms with Crippen LogP contribution >= 0.6 is 0 Å². The van der Waals surface area contributed by atoms with Crippen LogP contribution in [0.25, 0.3) is 0 Å². The molecule has 0 saturated carbocycles. The fraction of sp³-hybridized carbons (Fsp3) is 0.810. The second-order valence-corrected chi connectivity index (χ2v) is 8.48. The quantitative estimate of drug-likeness (QED) is 0.746. The lowest BCUT2D eigenvalue weighted by atomic mass is 9.83. The predicted molar refractivity (Wildman–Crippen MR) is 105 cm³/mol. The van der Waals surface area contributed by atoms with Crippen LogP contribution in [0.2, 0.25) is 0 Å². The summed E-state index contributed by atoms with van der Waals surface area (Å²) >= 11 is 0. The molecule has 6 nitrogen and oxygen atoms in total. The minimum absolute atomic E-state index is 0.124. The first-order valence-corrected chi connectivity index (χ1v) is 10.9. The van der Waals surface area contributed by atoms with E-state index in [0.29, 0.717) is 24.3 Å². The molecule has 1 aliphatic carbocycles. The third kappa shape index (κ3) is 4.06. The van der Waals surface area contributed by atoms with Gasteiger partial charge in [0.05, 0.1) is 0 Å². The highest BCUT2D eigenvalue weighted by atomic mass is 16.5. The van der Waals surface area contributed by atoms with Gasteiger partial charge in [0.2, 0.25) is 0 Å². The molecule has 1 amide bonds. The normalized spacial score (nSPS) is 25.2. The molecule has 0 aromatic carbocycles. The van der Waals surface area contributed by atoms with Gasteiger partial charge < -0.3 is 14.5 Å². The van der Waals surface area contributed by atoms with Gasteiger partial charge in [0.15, 0.2) is 5.69 Å². The van der Waals surface area contributed by atoms with E-state index in [0.717, 1.165) is 38.8 Å². The number of ether oxygens (including phenoxy) is 1. The molecular formula is C21H34N4O2. The molecule has 3 aliphatic rings. The maximum atomic E-state index is 13.4. The van der Waals surface area contributed by atoms with E-state index in [1.54, 1.807) is 7.11 Å². The molecule has 27 heavy (non-hydrogen) atoms. The molecule has 2 fully saturated rings. The van der Waals surface area contributed by atoms with E-state index in [1.165, 1.54) is 56.5 Å². The highest BCUT2D eigenvalue weighted by Crippen LogP contribution is 2.32. The van der Waals surface area contributed by atoms with Crippen LogP contribution in [-0.2, 0) is 17.6 Å². The molecule has 4 rings (SSSR count). The summed E-state index contributed by atoms with van der Waals surface area (Å²) in [5.74, 6) is 0.718. The first-order valence-electron chi connectivity index (χ1n) is 10.9. The van der Waals surface area contributed by atoms with Gasteiger partial charge in [0.25, 0.3) is 5.91 Å². The summed E-state index contributed by atoms with van der Waals surface area (Å²) in [7, 11) is 1.73. The Kier molecular flexibility index (Phi) is 6.13. The molecule has 0 unspecified atom stereocenters. The zero-order valence-electron chi connectivity index (χ0n) is 16.7. The van der Waals surface area contributed by atoms with Crippen LogP contribution in [0.5, 0.6) is 0 Å². The Labute approximate surface area is 162 Å². The van der Waals surface area contributed by atoms with E-state index in [2.05, 4.69) is 20.0 Å². The Morgan fingerprint density at radius 1 is 1.22 bits per heavy atom. The largest absolute Gasteiger partial charge is 0.385 e. The highest BCUT2D eigenvalue weighted by molar-refractivity contribution is 5.94. The number of aromatic nitrogens is 2. The van der Waals surface area contributed by atoms with Crippen molar-refractivity contribution in [1.29, 1.82) is 0 Å². The van der Waals surface area contributed by atoms with Gasteiger partial charge in [0, 0.05) is 44.1 Å². The Bertz CT molecular complexity index is 642. The number of nitrogens with one attached hydrogen (secondary N) is 1. The Hall–Kier alpha value is -1.40. The van der Waals surface area contributed by atoms with Crippen LogP contribution in [0, 0.1) is 5.92 Å². The second-order valence-electron chi connectivity index (χ2n) is 8.48. The van der Waals surface area contributed by atoms with Crippen molar-refractivity contribution in [3.8, 4) is 0 Å². The highest BCUT2D eigenvalue weighted by Gasteiger charge is 2.35. The number of amides is 1. The fourth-order valence-corrected chi connectivity index (χ4v) is 5.39. The number of carbonyl (C=O) groups is 1. The number of aromatic amines is 1. The SMILES string of the molecule is COCCCN(C[C@@H]1CCCN2CCCC[C@H]12)C(=O)c1n[nH]c2c1CCC2. The standard InChI is InChI=1S/C21H34N4O2/c1-27-14-6-13-25(21(26)20-17-8-4-9-18(17)22-23-20)15-16-7-5-12-24-11-3-2-10-19(16)24/h16,19H,2-15H2,1H3,(H,22,23)/t16-,19+/m0/s1. The molecule has 1 aromatic rings. The number of aryl methyl sites for hydroxylation is 1. The topological polar surface area (TPSA) is 61.5 Å². The van der Waals surface area contributed by atoms with E-state index in [4.69, 9.17) is 4.74 Å². The van der Waals surface area contributed by atoms with Crippen LogP contribution in [0.4, 0.5) is 0 Å². The number of hydrogen-bond acceptors (Lipinski definition) is 4. The summed E-state index contributed by atoms with van der Waals surface area (Å²) in [6.45, 7) is 4.81. The molecule has 0 spiro atoms. The van der Waals surface area contributed by atoms with E-state index in [1.807, 2.05) is 0 Å². The Balaban J connectivity index is 1.48. The molecule has 1 N–H and O–H groups in total. The maximum absolute atomic E-state index is 13.4. The summed E-state index contributed by atoms with van der Waals surface area (Å²) in [6.07, 6.45) is 10.5. The number of carbonyl (C=O) groups excluding carboxylic acids is 1. The van der Waals surface area contributed by atoms with E-state index in [9.17, 15) is 4.79 Å². The van der Waals surface area contributed by atoms with E-state index >= 15 is 0 Å². The number of fused-ring (bicyclic) bond motifs is 2. The van der Waals surface area contributed by atoms with Gasteiger partial charge in [-0.2, -0.15) is 5.10 Å². The fourth-order valence-electron chi connectivity index (χ4n) is 5.39. The second kappa shape index (κ2) is 8.74. The minimum Gasteiger partial charge on any atom is -0.385 e. The van der Waals surface area contributed by atoms with Crippen LogP contribution in [0.1, 0.15) is 66.7 Å². The Morgan fingerprint density at radius 2 is 2.11 bits per heavy atom. The predicted octanol–water partition coefficient (Wildman–Crippen LogP) is 2.64. The van der Waals surface area contributed by atoms with Gasteiger partial charge in [-0.3, -0.25) is 9.89 Å². The molecule has 3 heterocycles. The van der Waals surface area contributed by atoms with Crippen LogP contribution in [0.3, 0.4) is 0 Å². The van der Waals surface area contributed by atoms with Gasteiger partial charge in [0.1, 0.15) is 0 Å². The molecule has 2 aliphatic heterocycles. The first kappa shape index (κ1) is 18.9. The van der Waals surface area contributed by atoms with Crippen molar-refractivity contribution >= 4 is 5.91 Å². The summed E-state index contributed by atoms with van der Waals surface area (Å²) in [5, 5.41) is 7.51. The molecule has 0 bridgehead atoms. The molecular weight excluding hydrogens is 340 g/mol. The first-order chi connectivity index (χ1) is 13.3. The van der Waals surface area contributed by atoms with Crippen LogP contribution in [-0.4, -0.2) is 71.8 Å². The van der Waals surface area contributed by atoms with Gasteiger partial charge >= 0.3 is 0 Å². The van der Waals surface area contributed by atoms with Crippen molar-refractivity contribution in [3.05, 3.63) is 17.0 Å². The van der Waals surface area contributed by atoms with Crippen LogP contribution < -0.4 is 0 Å².